The summed E-state index contributed by atoms with van der Waals surface area (Å²) in [7, 11) is 0. The molecule has 104 valence electrons. The quantitative estimate of drug-likeness (QED) is 0.726. The molecule has 0 saturated heterocycles. The van der Waals surface area contributed by atoms with Crippen molar-refractivity contribution in [2.45, 2.75) is 9.92 Å². The van der Waals surface area contributed by atoms with Gasteiger partial charge >= 0.3 is 5.97 Å². The lowest BCUT2D eigenvalue weighted by Crippen LogP contribution is -1.94. The summed E-state index contributed by atoms with van der Waals surface area (Å²) in [5.74, 6) is -0.918. The zero-order chi connectivity index (χ0) is 14.8. The maximum absolute atomic E-state index is 10.9. The molecule has 2 aromatic carbocycles. The summed E-state index contributed by atoms with van der Waals surface area (Å²) >= 11 is 5.06. The minimum atomic E-state index is -0.918. The van der Waals surface area contributed by atoms with E-state index < -0.39 is 5.97 Å². The van der Waals surface area contributed by atoms with Crippen LogP contribution in [-0.2, 0) is 0 Å². The van der Waals surface area contributed by atoms with Crippen molar-refractivity contribution in [3.05, 3.63) is 64.8 Å². The molecule has 0 bridgehead atoms. The third-order valence-electron chi connectivity index (χ3n) is 3.03. The number of carboxylic acid groups (broad SMARTS) is 1. The summed E-state index contributed by atoms with van der Waals surface area (Å²) in [5, 5.41) is 12.0. The van der Waals surface area contributed by atoms with Crippen LogP contribution in [0.1, 0.15) is 10.4 Å². The minimum Gasteiger partial charge on any atom is -0.478 e. The topological polar surface area (TPSA) is 50.2 Å². The van der Waals surface area contributed by atoms with Crippen molar-refractivity contribution < 1.29 is 9.90 Å². The maximum atomic E-state index is 10.9. The average Bonchev–Trinajstić information content (AvgIpc) is 2.49. The van der Waals surface area contributed by atoms with E-state index in [0.717, 1.165) is 25.2 Å². The molecule has 0 saturated carbocycles. The Balaban J connectivity index is 1.98. The molecule has 0 aliphatic rings. The first-order valence-electron chi connectivity index (χ1n) is 6.19. The molecular formula is C16H10BrNO2S. The van der Waals surface area contributed by atoms with Gasteiger partial charge in [-0.1, -0.05) is 39.8 Å². The standard InChI is InChI=1S/C16H10BrNO2S/c17-14-3-1-2-13-12(14)8-9-18-15(13)21-11-6-4-10(5-7-11)16(19)20/h1-9H,(H,19,20). The lowest BCUT2D eigenvalue weighted by Gasteiger charge is -2.06. The van der Waals surface area contributed by atoms with Gasteiger partial charge < -0.3 is 5.11 Å². The molecule has 1 N–H and O–H groups in total. The second-order valence-electron chi connectivity index (χ2n) is 4.38. The summed E-state index contributed by atoms with van der Waals surface area (Å²) < 4.78 is 1.03. The van der Waals surface area contributed by atoms with E-state index in [1.54, 1.807) is 30.5 Å². The highest BCUT2D eigenvalue weighted by Gasteiger charge is 2.07. The van der Waals surface area contributed by atoms with Gasteiger partial charge in [0, 0.05) is 26.3 Å². The fourth-order valence-corrected chi connectivity index (χ4v) is 3.40. The molecule has 21 heavy (non-hydrogen) atoms. The van der Waals surface area contributed by atoms with Crippen LogP contribution in [0, 0.1) is 0 Å². The van der Waals surface area contributed by atoms with Gasteiger partial charge in [0.25, 0.3) is 0 Å². The molecule has 5 heteroatoms. The maximum Gasteiger partial charge on any atom is 0.335 e. The molecule has 0 fully saturated rings. The van der Waals surface area contributed by atoms with Crippen LogP contribution in [0.4, 0.5) is 0 Å². The molecule has 1 heterocycles. The highest BCUT2D eigenvalue weighted by Crippen LogP contribution is 2.34. The molecule has 0 atom stereocenters. The predicted molar refractivity (Wildman–Crippen MR) is 87.0 cm³/mol. The van der Waals surface area contributed by atoms with Crippen LogP contribution >= 0.6 is 27.7 Å². The van der Waals surface area contributed by atoms with E-state index >= 15 is 0 Å². The Morgan fingerprint density at radius 3 is 2.52 bits per heavy atom. The Morgan fingerprint density at radius 2 is 1.81 bits per heavy atom. The van der Waals surface area contributed by atoms with E-state index in [1.807, 2.05) is 24.3 Å². The molecule has 0 aliphatic heterocycles. The fourth-order valence-electron chi connectivity index (χ4n) is 2.00. The van der Waals surface area contributed by atoms with E-state index in [-0.39, 0.29) is 5.56 Å². The average molecular weight is 360 g/mol. The van der Waals surface area contributed by atoms with Crippen LogP contribution < -0.4 is 0 Å². The second-order valence-corrected chi connectivity index (χ2v) is 6.30. The van der Waals surface area contributed by atoms with Gasteiger partial charge in [0.1, 0.15) is 5.03 Å². The Hall–Kier alpha value is -1.85. The first kappa shape index (κ1) is 14.1. The number of halogens is 1. The number of nitrogens with zero attached hydrogens (tertiary/aromatic N) is 1. The molecular weight excluding hydrogens is 350 g/mol. The van der Waals surface area contributed by atoms with Gasteiger partial charge in [0.15, 0.2) is 0 Å². The number of pyridine rings is 1. The van der Waals surface area contributed by atoms with E-state index in [2.05, 4.69) is 20.9 Å². The summed E-state index contributed by atoms with van der Waals surface area (Å²) in [6, 6.07) is 14.8. The van der Waals surface area contributed by atoms with Crippen molar-refractivity contribution >= 4 is 44.4 Å². The molecule has 1 aromatic heterocycles. The van der Waals surface area contributed by atoms with Crippen LogP contribution in [0.3, 0.4) is 0 Å². The van der Waals surface area contributed by atoms with Crippen molar-refractivity contribution in [2.24, 2.45) is 0 Å². The highest BCUT2D eigenvalue weighted by atomic mass is 79.9. The monoisotopic (exact) mass is 359 g/mol. The second kappa shape index (κ2) is 5.87. The third kappa shape index (κ3) is 2.94. The number of hydrogen-bond acceptors (Lipinski definition) is 3. The first-order valence-corrected chi connectivity index (χ1v) is 7.80. The zero-order valence-electron chi connectivity index (χ0n) is 10.8. The van der Waals surface area contributed by atoms with E-state index in [4.69, 9.17) is 5.11 Å². The fraction of sp³-hybridized carbons (Fsp3) is 0. The van der Waals surface area contributed by atoms with Crippen molar-refractivity contribution in [3.63, 3.8) is 0 Å². The van der Waals surface area contributed by atoms with Crippen molar-refractivity contribution in [3.8, 4) is 0 Å². The van der Waals surface area contributed by atoms with E-state index in [9.17, 15) is 4.79 Å². The molecule has 0 spiro atoms. The van der Waals surface area contributed by atoms with Gasteiger partial charge in [-0.3, -0.25) is 0 Å². The Kier molecular flexibility index (Phi) is 3.94. The third-order valence-corrected chi connectivity index (χ3v) is 4.75. The van der Waals surface area contributed by atoms with Crippen molar-refractivity contribution in [1.29, 1.82) is 0 Å². The highest BCUT2D eigenvalue weighted by molar-refractivity contribution is 9.10. The molecule has 0 aliphatic carbocycles. The van der Waals surface area contributed by atoms with Crippen LogP contribution in [0.5, 0.6) is 0 Å². The Bertz CT molecular complexity index is 818. The number of fused-ring (bicyclic) bond motifs is 1. The lowest BCUT2D eigenvalue weighted by molar-refractivity contribution is 0.0697. The van der Waals surface area contributed by atoms with Crippen LogP contribution in [0.15, 0.2) is 69.1 Å². The number of aromatic carboxylic acids is 1. The zero-order valence-corrected chi connectivity index (χ0v) is 13.2. The first-order chi connectivity index (χ1) is 10.1. The summed E-state index contributed by atoms with van der Waals surface area (Å²) in [5.41, 5.74) is 0.285. The molecule has 3 aromatic rings. The van der Waals surface area contributed by atoms with Crippen LogP contribution in [0.25, 0.3) is 10.8 Å². The number of hydrogen-bond donors (Lipinski definition) is 1. The minimum absolute atomic E-state index is 0.285. The van der Waals surface area contributed by atoms with E-state index in [1.165, 1.54) is 11.8 Å². The van der Waals surface area contributed by atoms with Gasteiger partial charge in [-0.25, -0.2) is 9.78 Å². The molecule has 3 nitrogen and oxygen atoms in total. The number of carboxylic acids is 1. The molecule has 0 amide bonds. The van der Waals surface area contributed by atoms with Crippen molar-refractivity contribution in [1.82, 2.24) is 4.98 Å². The van der Waals surface area contributed by atoms with Gasteiger partial charge in [0.05, 0.1) is 5.56 Å². The van der Waals surface area contributed by atoms with Gasteiger partial charge in [-0.2, -0.15) is 0 Å². The number of benzene rings is 2. The number of rotatable bonds is 3. The summed E-state index contributed by atoms with van der Waals surface area (Å²) in [4.78, 5) is 16.2. The lowest BCUT2D eigenvalue weighted by atomic mass is 10.2. The van der Waals surface area contributed by atoms with Crippen LogP contribution in [-0.4, -0.2) is 16.1 Å². The number of carbonyl (C=O) groups is 1. The summed E-state index contributed by atoms with van der Waals surface area (Å²) in [6.07, 6.45) is 1.78. The number of aromatic nitrogens is 1. The molecule has 3 rings (SSSR count). The molecule has 0 unspecified atom stereocenters. The smallest absolute Gasteiger partial charge is 0.335 e. The Morgan fingerprint density at radius 1 is 1.05 bits per heavy atom. The van der Waals surface area contributed by atoms with Crippen LogP contribution in [0.2, 0.25) is 0 Å². The van der Waals surface area contributed by atoms with Crippen molar-refractivity contribution in [2.75, 3.05) is 0 Å². The SMILES string of the molecule is O=C(O)c1ccc(Sc2nccc3c(Br)cccc23)cc1. The predicted octanol–water partition coefficient (Wildman–Crippen LogP) is 4.85. The van der Waals surface area contributed by atoms with Gasteiger partial charge in [-0.05, 0) is 36.4 Å². The molecule has 0 radical (unpaired) electrons. The van der Waals surface area contributed by atoms with E-state index in [0.29, 0.717) is 0 Å². The van der Waals surface area contributed by atoms with Gasteiger partial charge in [0.2, 0.25) is 0 Å². The largest absolute Gasteiger partial charge is 0.478 e. The Labute approximate surface area is 134 Å². The summed E-state index contributed by atoms with van der Waals surface area (Å²) in [6.45, 7) is 0. The van der Waals surface area contributed by atoms with Gasteiger partial charge in [-0.15, -0.1) is 0 Å². The normalized spacial score (nSPS) is 10.7.